The lowest BCUT2D eigenvalue weighted by Gasteiger charge is -2.28. The molecule has 0 saturated heterocycles. The molecule has 2 heteroatoms. The van der Waals surface area contributed by atoms with E-state index in [9.17, 15) is 0 Å². The van der Waals surface area contributed by atoms with E-state index in [0.717, 1.165) is 18.5 Å². The van der Waals surface area contributed by atoms with Crippen LogP contribution in [0.5, 0.6) is 0 Å². The molecule has 0 radical (unpaired) electrons. The Hall–Kier alpha value is -1.02. The summed E-state index contributed by atoms with van der Waals surface area (Å²) in [4.78, 5) is 2.72. The molecule has 0 amide bonds. The maximum Gasteiger partial charge on any atom is 0.0451 e. The molecule has 2 aliphatic heterocycles. The van der Waals surface area contributed by atoms with E-state index in [2.05, 4.69) is 35.3 Å². The summed E-state index contributed by atoms with van der Waals surface area (Å²) in [5.41, 5.74) is 4.74. The van der Waals surface area contributed by atoms with Crippen molar-refractivity contribution in [3.63, 3.8) is 0 Å². The molecule has 90 valence electrons. The number of rotatable bonds is 0. The first-order chi connectivity index (χ1) is 8.34. The van der Waals surface area contributed by atoms with Gasteiger partial charge in [-0.05, 0) is 30.9 Å². The molecule has 3 atom stereocenters. The quantitative estimate of drug-likeness (QED) is 0.734. The van der Waals surface area contributed by atoms with E-state index in [0.29, 0.717) is 6.04 Å². The van der Waals surface area contributed by atoms with E-state index < -0.39 is 0 Å². The Morgan fingerprint density at radius 2 is 2.24 bits per heavy atom. The van der Waals surface area contributed by atoms with E-state index in [1.807, 2.05) is 0 Å². The summed E-state index contributed by atoms with van der Waals surface area (Å²) in [5, 5.41) is 3.63. The van der Waals surface area contributed by atoms with Crippen LogP contribution >= 0.6 is 0 Å². The third-order valence-electron chi connectivity index (χ3n) is 4.83. The molecule has 0 aromatic heterocycles. The number of benzene rings is 1. The second kappa shape index (κ2) is 3.49. The Morgan fingerprint density at radius 1 is 1.29 bits per heavy atom. The smallest absolute Gasteiger partial charge is 0.0451 e. The van der Waals surface area contributed by atoms with Crippen LogP contribution in [0.15, 0.2) is 18.2 Å². The van der Waals surface area contributed by atoms with E-state index in [1.54, 1.807) is 11.3 Å². The molecule has 1 N–H and O–H groups in total. The summed E-state index contributed by atoms with van der Waals surface area (Å²) in [6, 6.07) is 8.34. The van der Waals surface area contributed by atoms with Crippen molar-refractivity contribution >= 4 is 5.69 Å². The molecule has 1 aliphatic carbocycles. The van der Waals surface area contributed by atoms with Crippen molar-refractivity contribution in [2.75, 3.05) is 11.4 Å². The lowest BCUT2D eigenvalue weighted by molar-refractivity contribution is 0.512. The highest BCUT2D eigenvalue weighted by atomic mass is 15.2. The van der Waals surface area contributed by atoms with Crippen LogP contribution in [0.1, 0.15) is 43.2 Å². The fourth-order valence-corrected chi connectivity index (χ4v) is 4.12. The van der Waals surface area contributed by atoms with Crippen molar-refractivity contribution in [3.05, 3.63) is 29.3 Å². The highest BCUT2D eigenvalue weighted by molar-refractivity contribution is 5.67. The molecule has 17 heavy (non-hydrogen) atoms. The van der Waals surface area contributed by atoms with Crippen LogP contribution < -0.4 is 10.2 Å². The Labute approximate surface area is 103 Å². The molecule has 3 aliphatic rings. The van der Waals surface area contributed by atoms with Gasteiger partial charge >= 0.3 is 0 Å². The van der Waals surface area contributed by atoms with Gasteiger partial charge in [0.2, 0.25) is 0 Å². The summed E-state index contributed by atoms with van der Waals surface area (Å²) < 4.78 is 0. The molecule has 2 heterocycles. The molecule has 1 fully saturated rings. The molecule has 1 aromatic rings. The lowest BCUT2D eigenvalue weighted by Crippen LogP contribution is -2.40. The highest BCUT2D eigenvalue weighted by Gasteiger charge is 2.43. The number of nitrogens with zero attached hydrogens (tertiary/aromatic N) is 1. The van der Waals surface area contributed by atoms with Crippen LogP contribution in [0.2, 0.25) is 0 Å². The van der Waals surface area contributed by atoms with Crippen LogP contribution in [0.3, 0.4) is 0 Å². The zero-order valence-corrected chi connectivity index (χ0v) is 10.4. The molecule has 1 saturated carbocycles. The van der Waals surface area contributed by atoms with Crippen molar-refractivity contribution in [2.24, 2.45) is 0 Å². The van der Waals surface area contributed by atoms with E-state index in [1.165, 1.54) is 31.4 Å². The van der Waals surface area contributed by atoms with Crippen LogP contribution in [0, 0.1) is 0 Å². The maximum absolute atomic E-state index is 3.63. The van der Waals surface area contributed by atoms with Crippen molar-refractivity contribution in [1.29, 1.82) is 0 Å². The Morgan fingerprint density at radius 3 is 3.18 bits per heavy atom. The van der Waals surface area contributed by atoms with Crippen molar-refractivity contribution < 1.29 is 0 Å². The third kappa shape index (κ3) is 1.30. The Kier molecular flexibility index (Phi) is 2.04. The zero-order chi connectivity index (χ0) is 11.4. The number of hydrogen-bond acceptors (Lipinski definition) is 2. The van der Waals surface area contributed by atoms with Crippen LogP contribution in [0.25, 0.3) is 0 Å². The fourth-order valence-electron chi connectivity index (χ4n) is 4.12. The van der Waals surface area contributed by atoms with Crippen molar-refractivity contribution in [3.8, 4) is 0 Å². The van der Waals surface area contributed by atoms with Crippen molar-refractivity contribution in [1.82, 2.24) is 5.32 Å². The Bertz CT molecular complexity index is 454. The van der Waals surface area contributed by atoms with Gasteiger partial charge in [0.15, 0.2) is 0 Å². The van der Waals surface area contributed by atoms with Gasteiger partial charge in [-0.15, -0.1) is 0 Å². The first-order valence-corrected chi connectivity index (χ1v) is 6.96. The minimum Gasteiger partial charge on any atom is -0.366 e. The fraction of sp³-hybridized carbons (Fsp3) is 0.600. The molecule has 1 aromatic carbocycles. The van der Waals surface area contributed by atoms with Gasteiger partial charge in [-0.25, -0.2) is 0 Å². The molecule has 0 unspecified atom stereocenters. The van der Waals surface area contributed by atoms with Crippen molar-refractivity contribution in [2.45, 2.75) is 50.7 Å². The van der Waals surface area contributed by atoms with E-state index in [-0.39, 0.29) is 0 Å². The first kappa shape index (κ1) is 9.95. The molecule has 4 rings (SSSR count). The SMILES string of the molecule is C[C@H]1CN2c3c(cccc3[C@@H]3CCC[C@@H]32)CN1. The minimum atomic E-state index is 0.606. The lowest BCUT2D eigenvalue weighted by atomic mass is 9.96. The van der Waals surface area contributed by atoms with Gasteiger partial charge in [0.05, 0.1) is 0 Å². The normalized spacial score (nSPS) is 34.4. The standard InChI is InChI=1S/C15H20N2/c1-10-9-17-14-7-3-5-12(14)13-6-2-4-11(8-16-10)15(13)17/h2,4,6,10,12,14,16H,3,5,7-9H2,1H3/t10-,12-,14-/m0/s1. The monoisotopic (exact) mass is 228 g/mol. The van der Waals surface area contributed by atoms with Gasteiger partial charge in [-0.3, -0.25) is 0 Å². The van der Waals surface area contributed by atoms with Crippen LogP contribution in [0.4, 0.5) is 5.69 Å². The summed E-state index contributed by atoms with van der Waals surface area (Å²) >= 11 is 0. The van der Waals surface area contributed by atoms with Gasteiger partial charge in [0, 0.05) is 36.8 Å². The highest BCUT2D eigenvalue weighted by Crippen LogP contribution is 2.50. The molecule has 2 nitrogen and oxygen atoms in total. The maximum atomic E-state index is 3.63. The average molecular weight is 228 g/mol. The predicted molar refractivity (Wildman–Crippen MR) is 70.5 cm³/mol. The second-order valence-corrected chi connectivity index (χ2v) is 5.89. The van der Waals surface area contributed by atoms with Gasteiger partial charge in [0.25, 0.3) is 0 Å². The molecule has 0 spiro atoms. The zero-order valence-electron chi connectivity index (χ0n) is 10.4. The third-order valence-corrected chi connectivity index (χ3v) is 4.83. The molecule has 0 bridgehead atoms. The Balaban J connectivity index is 1.89. The number of para-hydroxylation sites is 1. The van der Waals surface area contributed by atoms with Gasteiger partial charge in [0.1, 0.15) is 0 Å². The van der Waals surface area contributed by atoms with E-state index in [4.69, 9.17) is 0 Å². The average Bonchev–Trinajstić information content (AvgIpc) is 2.85. The van der Waals surface area contributed by atoms with Gasteiger partial charge in [-0.2, -0.15) is 0 Å². The van der Waals surface area contributed by atoms with Gasteiger partial charge < -0.3 is 10.2 Å². The number of hydrogen-bond donors (Lipinski definition) is 1. The largest absolute Gasteiger partial charge is 0.366 e. The van der Waals surface area contributed by atoms with Gasteiger partial charge in [-0.1, -0.05) is 24.6 Å². The number of fused-ring (bicyclic) bond motifs is 3. The minimum absolute atomic E-state index is 0.606. The summed E-state index contributed by atoms with van der Waals surface area (Å²) in [6.45, 7) is 4.54. The molecular weight excluding hydrogens is 208 g/mol. The molecular formula is C15H20N2. The summed E-state index contributed by atoms with van der Waals surface area (Å²) in [7, 11) is 0. The van der Waals surface area contributed by atoms with Crippen LogP contribution in [-0.4, -0.2) is 18.6 Å². The topological polar surface area (TPSA) is 15.3 Å². The van der Waals surface area contributed by atoms with E-state index >= 15 is 0 Å². The van der Waals surface area contributed by atoms with Crippen LogP contribution in [-0.2, 0) is 6.54 Å². The number of nitrogens with one attached hydrogen (secondary N) is 1. The summed E-state index contributed by atoms with van der Waals surface area (Å²) in [5.74, 6) is 0.829. The number of anilines is 1. The summed E-state index contributed by atoms with van der Waals surface area (Å²) in [6.07, 6.45) is 4.21. The second-order valence-electron chi connectivity index (χ2n) is 5.89. The first-order valence-electron chi connectivity index (χ1n) is 6.96. The predicted octanol–water partition coefficient (Wildman–Crippen LogP) is 2.63.